The minimum Gasteiger partial charge on any atom is -0.326 e. The van der Waals surface area contributed by atoms with Crippen LogP contribution in [-0.2, 0) is 4.79 Å². The first-order chi connectivity index (χ1) is 7.75. The Morgan fingerprint density at radius 1 is 1.38 bits per heavy atom. The SMILES string of the molecule is O=C(Nc1ccc(F)cc1)C1CCCNC1. The van der Waals surface area contributed by atoms with Crippen molar-refractivity contribution in [2.75, 3.05) is 18.4 Å². The van der Waals surface area contributed by atoms with E-state index in [0.717, 1.165) is 25.9 Å². The maximum Gasteiger partial charge on any atom is 0.228 e. The molecule has 0 aromatic heterocycles. The fourth-order valence-electron chi connectivity index (χ4n) is 1.85. The summed E-state index contributed by atoms with van der Waals surface area (Å²) in [6, 6.07) is 5.83. The highest BCUT2D eigenvalue weighted by molar-refractivity contribution is 5.92. The molecule has 2 rings (SSSR count). The Bertz CT molecular complexity index is 358. The standard InChI is InChI=1S/C12H15FN2O/c13-10-3-5-11(6-4-10)15-12(16)9-2-1-7-14-8-9/h3-6,9,14H,1-2,7-8H2,(H,15,16). The number of hydrogen-bond donors (Lipinski definition) is 2. The van der Waals surface area contributed by atoms with Crippen LogP contribution in [0, 0.1) is 11.7 Å². The van der Waals surface area contributed by atoms with Crippen LogP contribution in [0.25, 0.3) is 0 Å². The van der Waals surface area contributed by atoms with Gasteiger partial charge in [0.05, 0.1) is 5.92 Å². The van der Waals surface area contributed by atoms with Crippen molar-refractivity contribution in [3.63, 3.8) is 0 Å². The van der Waals surface area contributed by atoms with E-state index >= 15 is 0 Å². The number of anilines is 1. The van der Waals surface area contributed by atoms with Gasteiger partial charge in [0, 0.05) is 12.2 Å². The molecule has 86 valence electrons. The smallest absolute Gasteiger partial charge is 0.228 e. The van der Waals surface area contributed by atoms with Crippen LogP contribution >= 0.6 is 0 Å². The molecule has 1 amide bonds. The first-order valence-corrected chi connectivity index (χ1v) is 5.53. The van der Waals surface area contributed by atoms with E-state index in [2.05, 4.69) is 10.6 Å². The Kier molecular flexibility index (Phi) is 3.51. The van der Waals surface area contributed by atoms with Gasteiger partial charge in [-0.05, 0) is 43.7 Å². The van der Waals surface area contributed by atoms with Crippen LogP contribution in [0.2, 0.25) is 0 Å². The fourth-order valence-corrected chi connectivity index (χ4v) is 1.85. The number of amides is 1. The quantitative estimate of drug-likeness (QED) is 0.800. The predicted octanol–water partition coefficient (Wildman–Crippen LogP) is 1.76. The summed E-state index contributed by atoms with van der Waals surface area (Å²) in [5.41, 5.74) is 0.650. The van der Waals surface area contributed by atoms with Gasteiger partial charge in [-0.1, -0.05) is 0 Å². The zero-order valence-electron chi connectivity index (χ0n) is 9.00. The van der Waals surface area contributed by atoms with Gasteiger partial charge < -0.3 is 10.6 Å². The zero-order chi connectivity index (χ0) is 11.4. The van der Waals surface area contributed by atoms with Gasteiger partial charge in [-0.15, -0.1) is 0 Å². The van der Waals surface area contributed by atoms with Crippen molar-refractivity contribution in [1.29, 1.82) is 0 Å². The summed E-state index contributed by atoms with van der Waals surface area (Å²) in [4.78, 5) is 11.8. The van der Waals surface area contributed by atoms with E-state index in [0.29, 0.717) is 5.69 Å². The third-order valence-corrected chi connectivity index (χ3v) is 2.78. The Labute approximate surface area is 94.0 Å². The number of piperidine rings is 1. The summed E-state index contributed by atoms with van der Waals surface area (Å²) in [5, 5.41) is 5.98. The largest absolute Gasteiger partial charge is 0.326 e. The molecule has 0 aliphatic carbocycles. The minimum atomic E-state index is -0.294. The average molecular weight is 222 g/mol. The summed E-state index contributed by atoms with van der Waals surface area (Å²) in [6.07, 6.45) is 1.95. The molecular formula is C12H15FN2O. The van der Waals surface area contributed by atoms with Crippen LogP contribution < -0.4 is 10.6 Å². The molecule has 16 heavy (non-hydrogen) atoms. The molecule has 1 aliphatic heterocycles. The topological polar surface area (TPSA) is 41.1 Å². The van der Waals surface area contributed by atoms with Crippen LogP contribution in [0.5, 0.6) is 0 Å². The van der Waals surface area contributed by atoms with Crippen molar-refractivity contribution in [2.24, 2.45) is 5.92 Å². The molecule has 0 radical (unpaired) electrons. The van der Waals surface area contributed by atoms with E-state index < -0.39 is 0 Å². The van der Waals surface area contributed by atoms with E-state index in [4.69, 9.17) is 0 Å². The molecule has 1 aliphatic rings. The molecule has 1 fully saturated rings. The van der Waals surface area contributed by atoms with Crippen LogP contribution in [0.15, 0.2) is 24.3 Å². The molecule has 0 spiro atoms. The maximum absolute atomic E-state index is 12.7. The number of hydrogen-bond acceptors (Lipinski definition) is 2. The minimum absolute atomic E-state index is 0.0128. The van der Waals surface area contributed by atoms with E-state index in [1.807, 2.05) is 0 Å². The normalized spacial score (nSPS) is 20.4. The number of halogens is 1. The molecule has 0 saturated carbocycles. The molecule has 1 aromatic carbocycles. The lowest BCUT2D eigenvalue weighted by atomic mass is 9.99. The molecule has 0 bridgehead atoms. The van der Waals surface area contributed by atoms with Gasteiger partial charge in [0.1, 0.15) is 5.82 Å². The Balaban J connectivity index is 1.93. The fraction of sp³-hybridized carbons (Fsp3) is 0.417. The van der Waals surface area contributed by atoms with Crippen molar-refractivity contribution in [2.45, 2.75) is 12.8 Å². The summed E-state index contributed by atoms with van der Waals surface area (Å²) < 4.78 is 12.7. The molecule has 1 atom stereocenters. The third kappa shape index (κ3) is 2.79. The van der Waals surface area contributed by atoms with Gasteiger partial charge >= 0.3 is 0 Å². The van der Waals surface area contributed by atoms with Crippen LogP contribution in [-0.4, -0.2) is 19.0 Å². The second-order valence-corrected chi connectivity index (χ2v) is 4.04. The average Bonchev–Trinajstić information content (AvgIpc) is 2.33. The zero-order valence-corrected chi connectivity index (χ0v) is 9.00. The first-order valence-electron chi connectivity index (χ1n) is 5.53. The number of benzene rings is 1. The van der Waals surface area contributed by atoms with Crippen molar-refractivity contribution >= 4 is 11.6 Å². The van der Waals surface area contributed by atoms with Crippen molar-refractivity contribution < 1.29 is 9.18 Å². The Morgan fingerprint density at radius 3 is 2.75 bits per heavy atom. The third-order valence-electron chi connectivity index (χ3n) is 2.78. The predicted molar refractivity (Wildman–Crippen MR) is 60.6 cm³/mol. The summed E-state index contributed by atoms with van der Waals surface area (Å²) in [5.74, 6) is -0.255. The van der Waals surface area contributed by atoms with Gasteiger partial charge in [0.2, 0.25) is 5.91 Å². The van der Waals surface area contributed by atoms with Gasteiger partial charge in [0.25, 0.3) is 0 Å². The van der Waals surface area contributed by atoms with Gasteiger partial charge in [0.15, 0.2) is 0 Å². The van der Waals surface area contributed by atoms with Crippen molar-refractivity contribution in [3.05, 3.63) is 30.1 Å². The van der Waals surface area contributed by atoms with Crippen molar-refractivity contribution in [3.8, 4) is 0 Å². The molecule has 1 unspecified atom stereocenters. The second kappa shape index (κ2) is 5.07. The monoisotopic (exact) mass is 222 g/mol. The van der Waals surface area contributed by atoms with Crippen LogP contribution in [0.3, 0.4) is 0 Å². The van der Waals surface area contributed by atoms with Crippen LogP contribution in [0.1, 0.15) is 12.8 Å². The number of carbonyl (C=O) groups is 1. The first kappa shape index (κ1) is 11.1. The van der Waals surface area contributed by atoms with E-state index in [1.165, 1.54) is 12.1 Å². The number of rotatable bonds is 2. The number of nitrogens with one attached hydrogen (secondary N) is 2. The highest BCUT2D eigenvalue weighted by Gasteiger charge is 2.20. The molecule has 2 N–H and O–H groups in total. The van der Waals surface area contributed by atoms with Crippen LogP contribution in [0.4, 0.5) is 10.1 Å². The van der Waals surface area contributed by atoms with Gasteiger partial charge in [-0.2, -0.15) is 0 Å². The lowest BCUT2D eigenvalue weighted by molar-refractivity contribution is -0.120. The highest BCUT2D eigenvalue weighted by atomic mass is 19.1. The highest BCUT2D eigenvalue weighted by Crippen LogP contribution is 2.14. The summed E-state index contributed by atoms with van der Waals surface area (Å²) in [6.45, 7) is 1.72. The Hall–Kier alpha value is -1.42. The van der Waals surface area contributed by atoms with E-state index in [-0.39, 0.29) is 17.6 Å². The lowest BCUT2D eigenvalue weighted by Crippen LogP contribution is -2.37. The Morgan fingerprint density at radius 2 is 2.12 bits per heavy atom. The molecule has 4 heteroatoms. The molecule has 1 heterocycles. The summed E-state index contributed by atoms with van der Waals surface area (Å²) in [7, 11) is 0. The molecule has 3 nitrogen and oxygen atoms in total. The van der Waals surface area contributed by atoms with Crippen molar-refractivity contribution in [1.82, 2.24) is 5.32 Å². The summed E-state index contributed by atoms with van der Waals surface area (Å²) >= 11 is 0. The molecule has 1 aromatic rings. The lowest BCUT2D eigenvalue weighted by Gasteiger charge is -2.21. The van der Waals surface area contributed by atoms with Gasteiger partial charge in [-0.3, -0.25) is 4.79 Å². The van der Waals surface area contributed by atoms with Gasteiger partial charge in [-0.25, -0.2) is 4.39 Å². The maximum atomic E-state index is 12.7. The number of carbonyl (C=O) groups excluding carboxylic acids is 1. The van der Waals surface area contributed by atoms with E-state index in [1.54, 1.807) is 12.1 Å². The second-order valence-electron chi connectivity index (χ2n) is 4.04. The molecular weight excluding hydrogens is 207 g/mol. The molecule has 1 saturated heterocycles. The van der Waals surface area contributed by atoms with E-state index in [9.17, 15) is 9.18 Å².